The Morgan fingerprint density at radius 3 is 2.71 bits per heavy atom. The summed E-state index contributed by atoms with van der Waals surface area (Å²) >= 11 is 0. The van der Waals surface area contributed by atoms with Crippen molar-refractivity contribution in [2.75, 3.05) is 0 Å². The van der Waals surface area contributed by atoms with Crippen molar-refractivity contribution in [3.05, 3.63) is 39.9 Å². The molecule has 148 valence electrons. The van der Waals surface area contributed by atoms with E-state index in [2.05, 4.69) is 4.98 Å². The number of aromatic nitrogens is 2. The fourth-order valence-electron chi connectivity index (χ4n) is 3.23. The number of nitrogens with one attached hydrogen (secondary N) is 1. The number of imide groups is 1. The summed E-state index contributed by atoms with van der Waals surface area (Å²) < 4.78 is 6.78. The SMILES string of the molecule is CC(OC(=O)c1ccc2c(=O)n3c(nc2c1)CCCCCC3)C(=O)NC(N)=O. The number of ether oxygens (including phenoxy) is 1. The van der Waals surface area contributed by atoms with E-state index in [9.17, 15) is 19.2 Å². The summed E-state index contributed by atoms with van der Waals surface area (Å²) in [6, 6.07) is 3.46. The van der Waals surface area contributed by atoms with E-state index in [1.54, 1.807) is 10.6 Å². The van der Waals surface area contributed by atoms with E-state index in [4.69, 9.17) is 10.5 Å². The number of rotatable bonds is 3. The van der Waals surface area contributed by atoms with Crippen LogP contribution >= 0.6 is 0 Å². The number of amides is 3. The van der Waals surface area contributed by atoms with Gasteiger partial charge in [-0.3, -0.25) is 19.5 Å². The molecule has 3 rings (SSSR count). The minimum atomic E-state index is -1.20. The van der Waals surface area contributed by atoms with Crippen molar-refractivity contribution in [2.45, 2.75) is 51.7 Å². The van der Waals surface area contributed by atoms with Crippen molar-refractivity contribution in [3.63, 3.8) is 0 Å². The third-order valence-electron chi connectivity index (χ3n) is 4.70. The van der Waals surface area contributed by atoms with E-state index >= 15 is 0 Å². The average molecular weight is 386 g/mol. The van der Waals surface area contributed by atoms with E-state index in [0.717, 1.165) is 31.5 Å². The van der Waals surface area contributed by atoms with Crippen LogP contribution in [-0.2, 0) is 22.5 Å². The van der Waals surface area contributed by atoms with Gasteiger partial charge in [0.05, 0.1) is 16.5 Å². The van der Waals surface area contributed by atoms with Crippen molar-refractivity contribution in [1.29, 1.82) is 0 Å². The Hall–Kier alpha value is -3.23. The maximum atomic E-state index is 12.8. The lowest BCUT2D eigenvalue weighted by molar-refractivity contribution is -0.127. The first-order chi connectivity index (χ1) is 13.4. The molecule has 0 spiro atoms. The van der Waals surface area contributed by atoms with Crippen LogP contribution in [0.25, 0.3) is 10.9 Å². The highest BCUT2D eigenvalue weighted by molar-refractivity contribution is 5.99. The van der Waals surface area contributed by atoms with E-state index in [-0.39, 0.29) is 11.1 Å². The monoisotopic (exact) mass is 386 g/mol. The molecular weight excluding hydrogens is 364 g/mol. The van der Waals surface area contributed by atoms with Crippen molar-refractivity contribution in [1.82, 2.24) is 14.9 Å². The smallest absolute Gasteiger partial charge is 0.338 e. The molecule has 1 unspecified atom stereocenters. The second-order valence-corrected chi connectivity index (χ2v) is 6.78. The molecule has 1 aromatic heterocycles. The van der Waals surface area contributed by atoms with E-state index in [1.807, 2.05) is 5.32 Å². The van der Waals surface area contributed by atoms with Crippen LogP contribution in [-0.4, -0.2) is 33.6 Å². The number of hydrogen-bond donors (Lipinski definition) is 2. The minimum absolute atomic E-state index is 0.115. The van der Waals surface area contributed by atoms with Gasteiger partial charge in [-0.1, -0.05) is 12.8 Å². The summed E-state index contributed by atoms with van der Waals surface area (Å²) in [4.78, 5) is 52.1. The maximum Gasteiger partial charge on any atom is 0.338 e. The highest BCUT2D eigenvalue weighted by Gasteiger charge is 2.21. The zero-order chi connectivity index (χ0) is 20.3. The fraction of sp³-hybridized carbons (Fsp3) is 0.421. The highest BCUT2D eigenvalue weighted by atomic mass is 16.5. The lowest BCUT2D eigenvalue weighted by atomic mass is 10.1. The van der Waals surface area contributed by atoms with Crippen LogP contribution in [0.3, 0.4) is 0 Å². The Morgan fingerprint density at radius 1 is 1.21 bits per heavy atom. The molecule has 0 aliphatic carbocycles. The Balaban J connectivity index is 1.88. The second-order valence-electron chi connectivity index (χ2n) is 6.78. The molecule has 1 atom stereocenters. The molecule has 9 heteroatoms. The predicted molar refractivity (Wildman–Crippen MR) is 101 cm³/mol. The number of esters is 1. The molecule has 1 aliphatic rings. The Kier molecular flexibility index (Phi) is 5.72. The number of nitrogens with two attached hydrogens (primary N) is 1. The molecule has 2 aromatic rings. The summed E-state index contributed by atoms with van der Waals surface area (Å²) in [7, 11) is 0. The fourth-order valence-corrected chi connectivity index (χ4v) is 3.23. The van der Waals surface area contributed by atoms with Crippen LogP contribution in [0.15, 0.2) is 23.0 Å². The predicted octanol–water partition coefficient (Wildman–Crippen LogP) is 1.25. The van der Waals surface area contributed by atoms with Gasteiger partial charge in [-0.25, -0.2) is 14.6 Å². The van der Waals surface area contributed by atoms with Crippen LogP contribution in [0.5, 0.6) is 0 Å². The molecule has 28 heavy (non-hydrogen) atoms. The lowest BCUT2D eigenvalue weighted by Crippen LogP contribution is -2.42. The van der Waals surface area contributed by atoms with Gasteiger partial charge in [0, 0.05) is 13.0 Å². The van der Waals surface area contributed by atoms with Crippen LogP contribution in [0, 0.1) is 0 Å². The first kappa shape index (κ1) is 19.5. The Morgan fingerprint density at radius 2 is 1.96 bits per heavy atom. The van der Waals surface area contributed by atoms with Gasteiger partial charge in [-0.05, 0) is 38.0 Å². The lowest BCUT2D eigenvalue weighted by Gasteiger charge is -2.16. The maximum absolute atomic E-state index is 12.8. The van der Waals surface area contributed by atoms with E-state index in [1.165, 1.54) is 19.1 Å². The molecule has 0 bridgehead atoms. The number of urea groups is 1. The number of benzene rings is 1. The first-order valence-electron chi connectivity index (χ1n) is 9.21. The van der Waals surface area contributed by atoms with Crippen LogP contribution < -0.4 is 16.6 Å². The molecule has 1 aliphatic heterocycles. The number of nitrogens with zero attached hydrogens (tertiary/aromatic N) is 2. The van der Waals surface area contributed by atoms with Gasteiger partial charge in [0.1, 0.15) is 5.82 Å². The summed E-state index contributed by atoms with van der Waals surface area (Å²) in [5.74, 6) is -0.862. The third kappa shape index (κ3) is 4.19. The van der Waals surface area contributed by atoms with Gasteiger partial charge in [-0.2, -0.15) is 0 Å². The van der Waals surface area contributed by atoms with Crippen LogP contribution in [0.2, 0.25) is 0 Å². The molecule has 3 N–H and O–H groups in total. The van der Waals surface area contributed by atoms with Crippen molar-refractivity contribution in [3.8, 4) is 0 Å². The van der Waals surface area contributed by atoms with Gasteiger partial charge in [0.15, 0.2) is 6.10 Å². The topological polar surface area (TPSA) is 133 Å². The number of aryl methyl sites for hydroxylation is 1. The molecular formula is C19H22N4O5. The largest absolute Gasteiger partial charge is 0.449 e. The number of hydrogen-bond acceptors (Lipinski definition) is 6. The van der Waals surface area contributed by atoms with Gasteiger partial charge >= 0.3 is 12.0 Å². The molecule has 1 aromatic carbocycles. The Labute approximate surface area is 160 Å². The highest BCUT2D eigenvalue weighted by Crippen LogP contribution is 2.17. The quantitative estimate of drug-likeness (QED) is 0.763. The van der Waals surface area contributed by atoms with Gasteiger partial charge in [0.25, 0.3) is 11.5 Å². The van der Waals surface area contributed by atoms with Crippen LogP contribution in [0.1, 0.15) is 48.8 Å². The average Bonchev–Trinajstić information content (AvgIpc) is 2.62. The summed E-state index contributed by atoms with van der Waals surface area (Å²) in [6.07, 6.45) is 3.61. The second kappa shape index (κ2) is 8.20. The number of fused-ring (bicyclic) bond motifs is 2. The molecule has 0 radical (unpaired) electrons. The molecule has 0 fully saturated rings. The number of primary amides is 1. The standard InChI is InChI=1S/C19H22N4O5/c1-11(16(24)22-19(20)27)28-18(26)12-7-8-13-14(10-12)21-15-6-4-2-3-5-9-23(15)17(13)25/h7-8,10-11H,2-6,9H2,1H3,(H3,20,22,24,27). The minimum Gasteiger partial charge on any atom is -0.449 e. The number of carbonyl (C=O) groups excluding carboxylic acids is 3. The molecule has 0 saturated carbocycles. The molecule has 2 heterocycles. The normalized spacial score (nSPS) is 15.0. The zero-order valence-electron chi connectivity index (χ0n) is 15.6. The Bertz CT molecular complexity index is 998. The van der Waals surface area contributed by atoms with Gasteiger partial charge < -0.3 is 10.5 Å². The molecule has 9 nitrogen and oxygen atoms in total. The van der Waals surface area contributed by atoms with Gasteiger partial charge in [0.2, 0.25) is 0 Å². The first-order valence-corrected chi connectivity index (χ1v) is 9.21. The molecule has 3 amide bonds. The van der Waals surface area contributed by atoms with E-state index < -0.39 is 24.0 Å². The summed E-state index contributed by atoms with van der Waals surface area (Å²) in [5.41, 5.74) is 5.34. The van der Waals surface area contributed by atoms with Crippen molar-refractivity contribution >= 4 is 28.8 Å². The molecule has 0 saturated heterocycles. The summed E-state index contributed by atoms with van der Waals surface area (Å²) in [6.45, 7) is 1.97. The van der Waals surface area contributed by atoms with E-state index in [0.29, 0.717) is 23.9 Å². The van der Waals surface area contributed by atoms with Crippen LogP contribution in [0.4, 0.5) is 4.79 Å². The number of carbonyl (C=O) groups is 3. The van der Waals surface area contributed by atoms with Crippen molar-refractivity contribution < 1.29 is 19.1 Å². The third-order valence-corrected chi connectivity index (χ3v) is 4.70. The van der Waals surface area contributed by atoms with Crippen molar-refractivity contribution in [2.24, 2.45) is 5.73 Å². The summed E-state index contributed by atoms with van der Waals surface area (Å²) in [5, 5.41) is 2.28. The van der Waals surface area contributed by atoms with Gasteiger partial charge in [-0.15, -0.1) is 0 Å². The zero-order valence-corrected chi connectivity index (χ0v) is 15.6.